The number of nitrogen functional groups attached to an aromatic ring is 1. The molecule has 1 aromatic carbocycles. The van der Waals surface area contributed by atoms with Crippen LogP contribution in [0.1, 0.15) is 31.4 Å². The number of aliphatic carboxylic acids is 1. The zero-order valence-electron chi connectivity index (χ0n) is 17.6. The van der Waals surface area contributed by atoms with E-state index in [-0.39, 0.29) is 12.3 Å². The van der Waals surface area contributed by atoms with Gasteiger partial charge < -0.3 is 10.8 Å². The van der Waals surface area contributed by atoms with Crippen molar-refractivity contribution in [2.45, 2.75) is 25.7 Å². The van der Waals surface area contributed by atoms with E-state index < -0.39 is 5.97 Å². The lowest BCUT2D eigenvalue weighted by Gasteiger charge is -2.13. The third kappa shape index (κ3) is 5.35. The molecule has 0 bridgehead atoms. The molecule has 8 nitrogen and oxygen atoms in total. The fourth-order valence-electron chi connectivity index (χ4n) is 3.48. The van der Waals surface area contributed by atoms with E-state index in [4.69, 9.17) is 23.1 Å². The first kappa shape index (κ1) is 22.8. The number of rotatable bonds is 8. The van der Waals surface area contributed by atoms with Crippen LogP contribution in [-0.4, -0.2) is 47.7 Å². The molecule has 0 spiro atoms. The Hall–Kier alpha value is -3.37. The molecule has 3 N–H and O–H groups in total. The van der Waals surface area contributed by atoms with Crippen molar-refractivity contribution in [2.75, 3.05) is 12.3 Å². The average molecular weight is 480 g/mol. The van der Waals surface area contributed by atoms with Gasteiger partial charge in [-0.25, -0.2) is 15.0 Å². The number of pyridine rings is 1. The molecule has 1 aliphatic heterocycles. The SMILES string of the molecule is Nc1ncnc2ccc(-c3cccc(C=C4SC(=S)N(CCCCCC(=O)O)C4=O)n3)cc12. The second-order valence-corrected chi connectivity index (χ2v) is 9.15. The fourth-order valence-corrected chi connectivity index (χ4v) is 4.77. The Morgan fingerprint density at radius 2 is 2.03 bits per heavy atom. The highest BCUT2D eigenvalue weighted by Crippen LogP contribution is 2.33. The number of anilines is 1. The molecule has 0 atom stereocenters. The Kier molecular flexibility index (Phi) is 6.95. The van der Waals surface area contributed by atoms with Gasteiger partial charge in [0.2, 0.25) is 0 Å². The first-order valence-electron chi connectivity index (χ1n) is 10.4. The molecule has 0 saturated carbocycles. The number of thioether (sulfide) groups is 1. The molecule has 1 saturated heterocycles. The third-order valence-corrected chi connectivity index (χ3v) is 6.54. The number of nitrogens with two attached hydrogens (primary N) is 1. The van der Waals surface area contributed by atoms with Gasteiger partial charge in [0.25, 0.3) is 5.91 Å². The molecule has 1 fully saturated rings. The standard InChI is InChI=1S/C23H21N5O3S2/c24-21-16-11-14(8-9-18(16)25-13-26-21)17-6-4-5-15(27-17)12-19-22(31)28(23(32)33-19)10-3-1-2-7-20(29)30/h4-6,8-9,11-13H,1-3,7,10H2,(H,29,30)(H2,24,25,26). The summed E-state index contributed by atoms with van der Waals surface area (Å²) < 4.78 is 0.505. The summed E-state index contributed by atoms with van der Waals surface area (Å²) in [5, 5.41) is 9.48. The van der Waals surface area contributed by atoms with Crippen molar-refractivity contribution in [3.63, 3.8) is 0 Å². The normalized spacial score (nSPS) is 15.0. The van der Waals surface area contributed by atoms with Gasteiger partial charge in [-0.1, -0.05) is 42.5 Å². The molecule has 168 valence electrons. The molecule has 0 unspecified atom stereocenters. The molecule has 3 aromatic rings. The molecular formula is C23H21N5O3S2. The van der Waals surface area contributed by atoms with Crippen LogP contribution >= 0.6 is 24.0 Å². The van der Waals surface area contributed by atoms with Crippen molar-refractivity contribution in [3.8, 4) is 11.3 Å². The molecule has 1 amide bonds. The minimum absolute atomic E-state index is 0.136. The van der Waals surface area contributed by atoms with Crippen LogP contribution in [0.4, 0.5) is 5.82 Å². The van der Waals surface area contributed by atoms with Crippen molar-refractivity contribution in [3.05, 3.63) is 53.3 Å². The molecule has 33 heavy (non-hydrogen) atoms. The smallest absolute Gasteiger partial charge is 0.303 e. The van der Waals surface area contributed by atoms with Crippen LogP contribution in [0.2, 0.25) is 0 Å². The molecule has 4 rings (SSSR count). The number of hydrogen-bond acceptors (Lipinski definition) is 8. The molecule has 0 radical (unpaired) electrons. The lowest BCUT2D eigenvalue weighted by molar-refractivity contribution is -0.137. The highest BCUT2D eigenvalue weighted by molar-refractivity contribution is 8.26. The lowest BCUT2D eigenvalue weighted by Crippen LogP contribution is -2.29. The van der Waals surface area contributed by atoms with Gasteiger partial charge in [0.1, 0.15) is 16.5 Å². The predicted molar refractivity (Wildman–Crippen MR) is 133 cm³/mol. The van der Waals surface area contributed by atoms with Crippen LogP contribution in [0.15, 0.2) is 47.6 Å². The monoisotopic (exact) mass is 479 g/mol. The van der Waals surface area contributed by atoms with Crippen LogP contribution < -0.4 is 5.73 Å². The predicted octanol–water partition coefficient (Wildman–Crippen LogP) is 4.12. The van der Waals surface area contributed by atoms with E-state index in [2.05, 4.69) is 15.0 Å². The minimum Gasteiger partial charge on any atom is -0.481 e. The van der Waals surface area contributed by atoms with Crippen LogP contribution in [-0.2, 0) is 9.59 Å². The number of unbranched alkanes of at least 4 members (excludes halogenated alkanes) is 2. The topological polar surface area (TPSA) is 122 Å². The van der Waals surface area contributed by atoms with Gasteiger partial charge >= 0.3 is 5.97 Å². The summed E-state index contributed by atoms with van der Waals surface area (Å²) in [5.41, 5.74) is 8.99. The Balaban J connectivity index is 1.49. The molecule has 1 aliphatic rings. The third-order valence-electron chi connectivity index (χ3n) is 5.16. The van der Waals surface area contributed by atoms with E-state index >= 15 is 0 Å². The fraction of sp³-hybridized carbons (Fsp3) is 0.217. The number of carboxylic acid groups (broad SMARTS) is 1. The zero-order valence-corrected chi connectivity index (χ0v) is 19.2. The van der Waals surface area contributed by atoms with Crippen LogP contribution in [0.5, 0.6) is 0 Å². The van der Waals surface area contributed by atoms with E-state index in [0.29, 0.717) is 40.1 Å². The Labute approximate surface area is 199 Å². The van der Waals surface area contributed by atoms with Gasteiger partial charge in [-0.05, 0) is 43.2 Å². The number of carboxylic acids is 1. The second-order valence-electron chi connectivity index (χ2n) is 7.48. The largest absolute Gasteiger partial charge is 0.481 e. The zero-order chi connectivity index (χ0) is 23.4. The number of nitrogens with zero attached hydrogens (tertiary/aromatic N) is 4. The summed E-state index contributed by atoms with van der Waals surface area (Å²) in [7, 11) is 0. The van der Waals surface area contributed by atoms with Gasteiger partial charge in [-0.2, -0.15) is 0 Å². The maximum absolute atomic E-state index is 12.8. The molecule has 10 heteroatoms. The lowest BCUT2D eigenvalue weighted by atomic mass is 10.1. The van der Waals surface area contributed by atoms with Crippen LogP contribution in [0, 0.1) is 0 Å². The first-order chi connectivity index (χ1) is 15.9. The Morgan fingerprint density at radius 3 is 2.85 bits per heavy atom. The maximum atomic E-state index is 12.8. The number of fused-ring (bicyclic) bond motifs is 1. The van der Waals surface area contributed by atoms with Gasteiger partial charge in [0, 0.05) is 23.9 Å². The number of carbonyl (C=O) groups excluding carboxylic acids is 1. The van der Waals surface area contributed by atoms with Gasteiger partial charge in [0.15, 0.2) is 0 Å². The van der Waals surface area contributed by atoms with Crippen molar-refractivity contribution in [1.82, 2.24) is 19.9 Å². The van der Waals surface area contributed by atoms with E-state index in [1.165, 1.54) is 18.1 Å². The highest BCUT2D eigenvalue weighted by atomic mass is 32.2. The summed E-state index contributed by atoms with van der Waals surface area (Å²) in [6.45, 7) is 0.482. The van der Waals surface area contributed by atoms with Gasteiger partial charge in [-0.15, -0.1) is 0 Å². The molecular weight excluding hydrogens is 458 g/mol. The number of benzene rings is 1. The van der Waals surface area contributed by atoms with Crippen LogP contribution in [0.3, 0.4) is 0 Å². The summed E-state index contributed by atoms with van der Waals surface area (Å²) in [5.74, 6) is -0.547. The summed E-state index contributed by atoms with van der Waals surface area (Å²) in [4.78, 5) is 38.5. The Bertz CT molecular complexity index is 1280. The summed E-state index contributed by atoms with van der Waals surface area (Å²) in [6.07, 6.45) is 5.33. The number of carbonyl (C=O) groups is 2. The highest BCUT2D eigenvalue weighted by Gasteiger charge is 2.31. The summed E-state index contributed by atoms with van der Waals surface area (Å²) >= 11 is 6.63. The number of hydrogen-bond donors (Lipinski definition) is 2. The molecule has 0 aliphatic carbocycles. The van der Waals surface area contributed by atoms with Crippen molar-refractivity contribution < 1.29 is 14.7 Å². The van der Waals surface area contributed by atoms with Crippen LogP contribution in [0.25, 0.3) is 28.2 Å². The van der Waals surface area contributed by atoms with E-state index in [1.807, 2.05) is 36.4 Å². The number of thiocarbonyl (C=S) groups is 1. The average Bonchev–Trinajstić information content (AvgIpc) is 3.06. The first-order valence-corrected chi connectivity index (χ1v) is 11.6. The van der Waals surface area contributed by atoms with Crippen molar-refractivity contribution >= 4 is 63.0 Å². The van der Waals surface area contributed by atoms with E-state index in [0.717, 1.165) is 28.6 Å². The Morgan fingerprint density at radius 1 is 1.18 bits per heavy atom. The minimum atomic E-state index is -0.807. The van der Waals surface area contributed by atoms with Crippen molar-refractivity contribution in [1.29, 1.82) is 0 Å². The number of aromatic nitrogens is 3. The molecule has 3 heterocycles. The number of amides is 1. The van der Waals surface area contributed by atoms with Crippen molar-refractivity contribution in [2.24, 2.45) is 0 Å². The summed E-state index contributed by atoms with van der Waals surface area (Å²) in [6, 6.07) is 11.3. The van der Waals surface area contributed by atoms with E-state index in [9.17, 15) is 9.59 Å². The molecule has 2 aromatic heterocycles. The maximum Gasteiger partial charge on any atom is 0.303 e. The quantitative estimate of drug-likeness (QED) is 0.279. The van der Waals surface area contributed by atoms with E-state index in [1.54, 1.807) is 11.0 Å². The van der Waals surface area contributed by atoms with Gasteiger partial charge in [-0.3, -0.25) is 14.5 Å². The van der Waals surface area contributed by atoms with Gasteiger partial charge in [0.05, 0.1) is 21.8 Å². The second kappa shape index (κ2) is 10.1.